The van der Waals surface area contributed by atoms with Crippen LogP contribution in [-0.2, 0) is 0 Å². The van der Waals surface area contributed by atoms with Crippen LogP contribution in [0, 0.1) is 0 Å². The Kier molecular flexibility index (Phi) is 3.39. The average molecular weight is 278 g/mol. The van der Waals surface area contributed by atoms with E-state index in [0.29, 0.717) is 17.1 Å². The highest BCUT2D eigenvalue weighted by molar-refractivity contribution is 6.04. The standard InChI is InChI=1S/C16H14N4O/c17-12-8-4-5-9-13(12)18-16(21)15-10-14(19-20-15)11-6-2-1-3-7-11/h1-10H,17H2,(H,18,21)(H,19,20). The molecular weight excluding hydrogens is 264 g/mol. The number of nitrogens with zero attached hydrogens (tertiary/aromatic N) is 1. The predicted molar refractivity (Wildman–Crippen MR) is 82.8 cm³/mol. The van der Waals surface area contributed by atoms with Crippen LogP contribution in [0.2, 0.25) is 0 Å². The summed E-state index contributed by atoms with van der Waals surface area (Å²) in [4.78, 5) is 12.2. The van der Waals surface area contributed by atoms with Gasteiger partial charge >= 0.3 is 0 Å². The van der Waals surface area contributed by atoms with Gasteiger partial charge in [0.15, 0.2) is 0 Å². The summed E-state index contributed by atoms with van der Waals surface area (Å²) in [6, 6.07) is 18.5. The zero-order valence-electron chi connectivity index (χ0n) is 11.2. The molecule has 0 atom stereocenters. The minimum Gasteiger partial charge on any atom is -0.397 e. The number of carbonyl (C=O) groups excluding carboxylic acids is 1. The average Bonchev–Trinajstić information content (AvgIpc) is 3.00. The zero-order valence-corrected chi connectivity index (χ0v) is 11.2. The molecule has 1 heterocycles. The molecule has 0 aliphatic carbocycles. The molecular formula is C16H14N4O. The molecule has 5 heteroatoms. The topological polar surface area (TPSA) is 83.8 Å². The second-order valence-electron chi connectivity index (χ2n) is 4.57. The highest BCUT2D eigenvalue weighted by atomic mass is 16.1. The van der Waals surface area contributed by atoms with Crippen molar-refractivity contribution in [3.8, 4) is 11.3 Å². The molecule has 0 radical (unpaired) electrons. The normalized spacial score (nSPS) is 10.3. The summed E-state index contributed by atoms with van der Waals surface area (Å²) >= 11 is 0. The molecule has 1 aromatic heterocycles. The SMILES string of the molecule is Nc1ccccc1NC(=O)c1cc(-c2ccccc2)n[nH]1. The third kappa shape index (κ3) is 2.76. The maximum absolute atomic E-state index is 12.2. The van der Waals surface area contributed by atoms with Gasteiger partial charge in [-0.3, -0.25) is 9.89 Å². The Labute approximate surface area is 121 Å². The lowest BCUT2D eigenvalue weighted by Gasteiger charge is -2.05. The number of anilines is 2. The van der Waals surface area contributed by atoms with Crippen molar-refractivity contribution in [2.45, 2.75) is 0 Å². The van der Waals surface area contributed by atoms with E-state index in [9.17, 15) is 4.79 Å². The van der Waals surface area contributed by atoms with Crippen LogP contribution >= 0.6 is 0 Å². The molecule has 3 aromatic rings. The molecule has 0 bridgehead atoms. The van der Waals surface area contributed by atoms with Gasteiger partial charge in [0.2, 0.25) is 0 Å². The van der Waals surface area contributed by atoms with Gasteiger partial charge in [0.1, 0.15) is 5.69 Å². The molecule has 0 unspecified atom stereocenters. The predicted octanol–water partition coefficient (Wildman–Crippen LogP) is 2.91. The van der Waals surface area contributed by atoms with E-state index in [-0.39, 0.29) is 5.91 Å². The number of nitrogens with two attached hydrogens (primary N) is 1. The first-order chi connectivity index (χ1) is 10.2. The number of nitrogen functional groups attached to an aromatic ring is 1. The summed E-state index contributed by atoms with van der Waals surface area (Å²) in [7, 11) is 0. The molecule has 0 saturated carbocycles. The Morgan fingerprint density at radius 1 is 1.05 bits per heavy atom. The molecule has 2 aromatic carbocycles. The first-order valence-corrected chi connectivity index (χ1v) is 6.51. The molecule has 21 heavy (non-hydrogen) atoms. The number of carbonyl (C=O) groups is 1. The van der Waals surface area contributed by atoms with Gasteiger partial charge in [-0.2, -0.15) is 5.10 Å². The van der Waals surface area contributed by atoms with Crippen molar-refractivity contribution >= 4 is 17.3 Å². The van der Waals surface area contributed by atoms with Gasteiger partial charge in [-0.25, -0.2) is 0 Å². The summed E-state index contributed by atoms with van der Waals surface area (Å²) in [5, 5.41) is 9.65. The summed E-state index contributed by atoms with van der Waals surface area (Å²) in [6.45, 7) is 0. The van der Waals surface area contributed by atoms with Gasteiger partial charge in [0.05, 0.1) is 17.1 Å². The molecule has 0 fully saturated rings. The first kappa shape index (κ1) is 12.9. The maximum atomic E-state index is 12.2. The fraction of sp³-hybridized carbons (Fsp3) is 0. The van der Waals surface area contributed by atoms with Crippen molar-refractivity contribution in [2.75, 3.05) is 11.1 Å². The van der Waals surface area contributed by atoms with Crippen molar-refractivity contribution in [3.05, 3.63) is 66.4 Å². The van der Waals surface area contributed by atoms with Crippen LogP contribution in [0.3, 0.4) is 0 Å². The molecule has 0 aliphatic rings. The van der Waals surface area contributed by atoms with Crippen molar-refractivity contribution in [1.82, 2.24) is 10.2 Å². The summed E-state index contributed by atoms with van der Waals surface area (Å²) < 4.78 is 0. The fourth-order valence-corrected chi connectivity index (χ4v) is 2.00. The van der Waals surface area contributed by atoms with Crippen LogP contribution in [0.5, 0.6) is 0 Å². The van der Waals surface area contributed by atoms with Crippen LogP contribution in [0.15, 0.2) is 60.7 Å². The fourth-order valence-electron chi connectivity index (χ4n) is 2.00. The van der Waals surface area contributed by atoms with Crippen LogP contribution in [0.1, 0.15) is 10.5 Å². The number of rotatable bonds is 3. The van der Waals surface area contributed by atoms with Gasteiger partial charge in [-0.05, 0) is 18.2 Å². The van der Waals surface area contributed by atoms with Gasteiger partial charge < -0.3 is 11.1 Å². The molecule has 0 aliphatic heterocycles. The smallest absolute Gasteiger partial charge is 0.273 e. The third-order valence-corrected chi connectivity index (χ3v) is 3.10. The van der Waals surface area contributed by atoms with Gasteiger partial charge in [-0.1, -0.05) is 42.5 Å². The Hall–Kier alpha value is -3.08. The number of benzene rings is 2. The number of amides is 1. The van der Waals surface area contributed by atoms with Crippen LogP contribution < -0.4 is 11.1 Å². The van der Waals surface area contributed by atoms with Crippen molar-refractivity contribution in [1.29, 1.82) is 0 Å². The highest BCUT2D eigenvalue weighted by Crippen LogP contribution is 2.20. The quantitative estimate of drug-likeness (QED) is 0.644. The third-order valence-electron chi connectivity index (χ3n) is 3.10. The Bertz CT molecular complexity index is 765. The monoisotopic (exact) mass is 278 g/mol. The molecule has 0 saturated heterocycles. The lowest BCUT2D eigenvalue weighted by molar-refractivity contribution is 0.102. The Morgan fingerprint density at radius 2 is 1.76 bits per heavy atom. The van der Waals surface area contributed by atoms with E-state index in [2.05, 4.69) is 15.5 Å². The van der Waals surface area contributed by atoms with Gasteiger partial charge in [0, 0.05) is 5.56 Å². The lowest BCUT2D eigenvalue weighted by Crippen LogP contribution is -2.13. The van der Waals surface area contributed by atoms with E-state index < -0.39 is 0 Å². The Morgan fingerprint density at radius 3 is 2.52 bits per heavy atom. The van der Waals surface area contributed by atoms with Crippen molar-refractivity contribution in [3.63, 3.8) is 0 Å². The minimum atomic E-state index is -0.275. The van der Waals surface area contributed by atoms with Gasteiger partial charge in [0.25, 0.3) is 5.91 Å². The second-order valence-corrected chi connectivity index (χ2v) is 4.57. The molecule has 4 N–H and O–H groups in total. The summed E-state index contributed by atoms with van der Waals surface area (Å²) in [6.07, 6.45) is 0. The van der Waals surface area contributed by atoms with E-state index in [1.165, 1.54) is 0 Å². The molecule has 5 nitrogen and oxygen atoms in total. The Balaban J connectivity index is 1.80. The number of nitrogens with one attached hydrogen (secondary N) is 2. The summed E-state index contributed by atoms with van der Waals surface area (Å²) in [5.41, 5.74) is 8.97. The van der Waals surface area contributed by atoms with E-state index in [0.717, 1.165) is 11.3 Å². The number of aromatic amines is 1. The van der Waals surface area contributed by atoms with E-state index in [1.54, 1.807) is 18.2 Å². The van der Waals surface area contributed by atoms with E-state index in [1.807, 2.05) is 42.5 Å². The largest absolute Gasteiger partial charge is 0.397 e. The maximum Gasteiger partial charge on any atom is 0.273 e. The number of hydrogen-bond acceptors (Lipinski definition) is 3. The number of aromatic nitrogens is 2. The number of hydrogen-bond donors (Lipinski definition) is 3. The summed E-state index contributed by atoms with van der Waals surface area (Å²) in [5.74, 6) is -0.275. The second kappa shape index (κ2) is 5.50. The van der Waals surface area contributed by atoms with E-state index in [4.69, 9.17) is 5.73 Å². The lowest BCUT2D eigenvalue weighted by atomic mass is 10.1. The molecule has 3 rings (SSSR count). The van der Waals surface area contributed by atoms with Crippen molar-refractivity contribution in [2.24, 2.45) is 0 Å². The zero-order chi connectivity index (χ0) is 14.7. The molecule has 0 spiro atoms. The van der Waals surface area contributed by atoms with E-state index >= 15 is 0 Å². The van der Waals surface area contributed by atoms with Crippen LogP contribution in [-0.4, -0.2) is 16.1 Å². The minimum absolute atomic E-state index is 0.275. The number of H-pyrrole nitrogens is 1. The highest BCUT2D eigenvalue weighted by Gasteiger charge is 2.12. The molecule has 104 valence electrons. The molecule has 1 amide bonds. The van der Waals surface area contributed by atoms with Crippen LogP contribution in [0.25, 0.3) is 11.3 Å². The van der Waals surface area contributed by atoms with Crippen molar-refractivity contribution < 1.29 is 4.79 Å². The van der Waals surface area contributed by atoms with Crippen LogP contribution in [0.4, 0.5) is 11.4 Å². The number of para-hydroxylation sites is 2. The van der Waals surface area contributed by atoms with Gasteiger partial charge in [-0.15, -0.1) is 0 Å². The first-order valence-electron chi connectivity index (χ1n) is 6.51.